The number of nitrogens with one attached hydrogen (secondary N) is 1. The van der Waals surface area contributed by atoms with E-state index in [1.165, 1.54) is 4.90 Å². The van der Waals surface area contributed by atoms with Gasteiger partial charge in [-0.1, -0.05) is 12.1 Å². The monoisotopic (exact) mass is 328 g/mol. The van der Waals surface area contributed by atoms with Gasteiger partial charge in [0.05, 0.1) is 12.2 Å². The molecule has 0 spiro atoms. The Morgan fingerprint density at radius 2 is 2.17 bits per heavy atom. The van der Waals surface area contributed by atoms with Crippen molar-refractivity contribution in [2.24, 2.45) is 0 Å². The Kier molecular flexibility index (Phi) is 4.50. The number of hydrogen-bond acceptors (Lipinski definition) is 4. The maximum atomic E-state index is 12.4. The van der Waals surface area contributed by atoms with E-state index in [1.54, 1.807) is 29.9 Å². The number of fused-ring (bicyclic) bond motifs is 1. The third kappa shape index (κ3) is 3.40. The molecular formula is C17H20N4O3. The zero-order chi connectivity index (χ0) is 17.1. The summed E-state index contributed by atoms with van der Waals surface area (Å²) in [6.07, 6.45) is 2.93. The van der Waals surface area contributed by atoms with Crippen LogP contribution in [0.4, 0.5) is 5.69 Å². The highest BCUT2D eigenvalue weighted by Gasteiger charge is 2.32. The Morgan fingerprint density at radius 3 is 2.92 bits per heavy atom. The van der Waals surface area contributed by atoms with Crippen LogP contribution < -0.4 is 15.0 Å². The molecule has 0 radical (unpaired) electrons. The van der Waals surface area contributed by atoms with E-state index in [0.29, 0.717) is 18.0 Å². The van der Waals surface area contributed by atoms with Gasteiger partial charge in [0.2, 0.25) is 5.91 Å². The van der Waals surface area contributed by atoms with Crippen LogP contribution in [0.15, 0.2) is 42.7 Å². The van der Waals surface area contributed by atoms with Crippen molar-refractivity contribution in [2.75, 3.05) is 11.4 Å². The maximum absolute atomic E-state index is 12.4. The second-order valence-electron chi connectivity index (χ2n) is 5.85. The van der Waals surface area contributed by atoms with Crippen LogP contribution in [0.1, 0.15) is 13.8 Å². The average Bonchev–Trinajstić information content (AvgIpc) is 3.04. The molecule has 1 aliphatic rings. The van der Waals surface area contributed by atoms with E-state index in [9.17, 15) is 9.59 Å². The SMILES string of the molecule is C[C@H](Cn1cccn1)NC(=O)CN1C(=O)[C@@H](C)Oc2ccccc21. The van der Waals surface area contributed by atoms with E-state index >= 15 is 0 Å². The lowest BCUT2D eigenvalue weighted by atomic mass is 10.2. The van der Waals surface area contributed by atoms with Gasteiger partial charge in [-0.3, -0.25) is 19.2 Å². The molecule has 1 aliphatic heterocycles. The molecule has 0 fully saturated rings. The second-order valence-corrected chi connectivity index (χ2v) is 5.85. The van der Waals surface area contributed by atoms with Gasteiger partial charge in [0.15, 0.2) is 6.10 Å². The largest absolute Gasteiger partial charge is 0.479 e. The molecule has 2 amide bonds. The van der Waals surface area contributed by atoms with Crippen LogP contribution in [0.2, 0.25) is 0 Å². The van der Waals surface area contributed by atoms with E-state index in [-0.39, 0.29) is 24.4 Å². The number of amides is 2. The van der Waals surface area contributed by atoms with Gasteiger partial charge in [-0.25, -0.2) is 0 Å². The molecule has 2 heterocycles. The molecule has 0 bridgehead atoms. The quantitative estimate of drug-likeness (QED) is 0.895. The minimum Gasteiger partial charge on any atom is -0.479 e. The molecule has 1 aromatic carbocycles. The molecule has 1 N–H and O–H groups in total. The van der Waals surface area contributed by atoms with Gasteiger partial charge in [-0.05, 0) is 32.0 Å². The van der Waals surface area contributed by atoms with Crippen LogP contribution in [0.3, 0.4) is 0 Å². The van der Waals surface area contributed by atoms with Crippen molar-refractivity contribution >= 4 is 17.5 Å². The highest BCUT2D eigenvalue weighted by Crippen LogP contribution is 2.33. The van der Waals surface area contributed by atoms with E-state index < -0.39 is 6.10 Å². The lowest BCUT2D eigenvalue weighted by molar-refractivity contribution is -0.128. The van der Waals surface area contributed by atoms with Crippen molar-refractivity contribution in [1.82, 2.24) is 15.1 Å². The molecule has 0 saturated carbocycles. The van der Waals surface area contributed by atoms with Crippen LogP contribution in [0.25, 0.3) is 0 Å². The van der Waals surface area contributed by atoms with Crippen molar-refractivity contribution in [3.63, 3.8) is 0 Å². The lowest BCUT2D eigenvalue weighted by Crippen LogP contribution is -2.50. The summed E-state index contributed by atoms with van der Waals surface area (Å²) in [7, 11) is 0. The van der Waals surface area contributed by atoms with E-state index in [2.05, 4.69) is 10.4 Å². The molecule has 7 nitrogen and oxygen atoms in total. The highest BCUT2D eigenvalue weighted by molar-refractivity contribution is 6.03. The third-order valence-corrected chi connectivity index (χ3v) is 3.80. The van der Waals surface area contributed by atoms with Gasteiger partial charge in [0, 0.05) is 18.4 Å². The minimum absolute atomic E-state index is 0.0347. The fourth-order valence-corrected chi connectivity index (χ4v) is 2.72. The van der Waals surface area contributed by atoms with Crippen LogP contribution in [0, 0.1) is 0 Å². The fourth-order valence-electron chi connectivity index (χ4n) is 2.72. The number of hydrogen-bond donors (Lipinski definition) is 1. The Morgan fingerprint density at radius 1 is 1.38 bits per heavy atom. The standard InChI is InChI=1S/C17H20N4O3/c1-12(10-20-9-5-8-18-20)19-16(22)11-21-14-6-3-4-7-15(14)24-13(2)17(21)23/h3-9,12-13H,10-11H2,1-2H3,(H,19,22)/t12-,13-/m1/s1. The van der Waals surface area contributed by atoms with Gasteiger partial charge in [0.1, 0.15) is 12.3 Å². The fraction of sp³-hybridized carbons (Fsp3) is 0.353. The first-order valence-electron chi connectivity index (χ1n) is 7.88. The highest BCUT2D eigenvalue weighted by atomic mass is 16.5. The third-order valence-electron chi connectivity index (χ3n) is 3.80. The number of rotatable bonds is 5. The average molecular weight is 328 g/mol. The molecular weight excluding hydrogens is 308 g/mol. The summed E-state index contributed by atoms with van der Waals surface area (Å²) < 4.78 is 7.32. The molecule has 2 atom stereocenters. The number of benzene rings is 1. The minimum atomic E-state index is -0.603. The molecule has 0 unspecified atom stereocenters. The Hall–Kier alpha value is -2.83. The molecule has 126 valence electrons. The summed E-state index contributed by atoms with van der Waals surface area (Å²) >= 11 is 0. The van der Waals surface area contributed by atoms with Gasteiger partial charge in [-0.2, -0.15) is 5.10 Å². The van der Waals surface area contributed by atoms with E-state index in [4.69, 9.17) is 4.74 Å². The Balaban J connectivity index is 1.66. The zero-order valence-electron chi connectivity index (χ0n) is 13.7. The van der Waals surface area contributed by atoms with E-state index in [1.807, 2.05) is 31.3 Å². The summed E-state index contributed by atoms with van der Waals surface area (Å²) in [5.41, 5.74) is 0.621. The summed E-state index contributed by atoms with van der Waals surface area (Å²) in [5.74, 6) is 0.178. The summed E-state index contributed by atoms with van der Waals surface area (Å²) in [5, 5.41) is 7.01. The van der Waals surface area contributed by atoms with Crippen LogP contribution in [-0.2, 0) is 16.1 Å². The molecule has 3 rings (SSSR count). The van der Waals surface area contributed by atoms with Crippen molar-refractivity contribution in [2.45, 2.75) is 32.5 Å². The molecule has 0 saturated heterocycles. The first-order chi connectivity index (χ1) is 11.5. The lowest BCUT2D eigenvalue weighted by Gasteiger charge is -2.32. The second kappa shape index (κ2) is 6.74. The first-order valence-corrected chi connectivity index (χ1v) is 7.88. The number of anilines is 1. The molecule has 0 aliphatic carbocycles. The number of carbonyl (C=O) groups excluding carboxylic acids is 2. The van der Waals surface area contributed by atoms with Gasteiger partial charge in [-0.15, -0.1) is 0 Å². The summed E-state index contributed by atoms with van der Waals surface area (Å²) in [6, 6.07) is 8.96. The van der Waals surface area contributed by atoms with Crippen LogP contribution in [0.5, 0.6) is 5.75 Å². The smallest absolute Gasteiger partial charge is 0.268 e. The number of aromatic nitrogens is 2. The van der Waals surface area contributed by atoms with Gasteiger partial charge >= 0.3 is 0 Å². The number of ether oxygens (including phenoxy) is 1. The van der Waals surface area contributed by atoms with Crippen LogP contribution >= 0.6 is 0 Å². The van der Waals surface area contributed by atoms with E-state index in [0.717, 1.165) is 0 Å². The maximum Gasteiger partial charge on any atom is 0.268 e. The summed E-state index contributed by atoms with van der Waals surface area (Å²) in [6.45, 7) is 4.12. The Labute approximate surface area is 140 Å². The Bertz CT molecular complexity index is 729. The van der Waals surface area contributed by atoms with Crippen LogP contribution in [-0.4, -0.2) is 40.3 Å². The van der Waals surface area contributed by atoms with Gasteiger partial charge < -0.3 is 10.1 Å². The van der Waals surface area contributed by atoms with Gasteiger partial charge in [0.25, 0.3) is 5.91 Å². The number of carbonyl (C=O) groups is 2. The zero-order valence-corrected chi connectivity index (χ0v) is 13.7. The number of para-hydroxylation sites is 2. The molecule has 24 heavy (non-hydrogen) atoms. The summed E-state index contributed by atoms with van der Waals surface area (Å²) in [4.78, 5) is 26.2. The molecule has 1 aromatic heterocycles. The van der Waals surface area contributed by atoms with Crippen molar-refractivity contribution < 1.29 is 14.3 Å². The first kappa shape index (κ1) is 16.0. The van der Waals surface area contributed by atoms with Crippen molar-refractivity contribution in [3.05, 3.63) is 42.7 Å². The van der Waals surface area contributed by atoms with Crippen molar-refractivity contribution in [3.8, 4) is 5.75 Å². The molecule has 7 heteroatoms. The normalized spacial score (nSPS) is 17.8. The molecule has 2 aromatic rings. The topological polar surface area (TPSA) is 76.5 Å². The predicted octanol–water partition coefficient (Wildman–Crippen LogP) is 1.20. The van der Waals surface area contributed by atoms with Crippen molar-refractivity contribution in [1.29, 1.82) is 0 Å². The predicted molar refractivity (Wildman–Crippen MR) is 88.7 cm³/mol. The number of nitrogens with zero attached hydrogens (tertiary/aromatic N) is 3.